The van der Waals surface area contributed by atoms with Crippen molar-refractivity contribution in [1.29, 1.82) is 0 Å². The highest BCUT2D eigenvalue weighted by Crippen LogP contribution is 2.31. The molecule has 2 saturated heterocycles. The van der Waals surface area contributed by atoms with Crippen LogP contribution in [0.2, 0.25) is 0 Å². The average Bonchev–Trinajstić information content (AvgIpc) is 2.90. The van der Waals surface area contributed by atoms with E-state index in [0.717, 1.165) is 10.9 Å². The van der Waals surface area contributed by atoms with Crippen molar-refractivity contribution in [3.05, 3.63) is 59.0 Å². The lowest BCUT2D eigenvalue weighted by Gasteiger charge is -2.44. The van der Waals surface area contributed by atoms with Gasteiger partial charge in [-0.15, -0.1) is 0 Å². The van der Waals surface area contributed by atoms with Crippen LogP contribution in [0, 0.1) is 5.92 Å². The first-order chi connectivity index (χ1) is 17.1. The molecular weight excluding hydrogens is 444 g/mol. The van der Waals surface area contributed by atoms with E-state index in [9.17, 15) is 9.59 Å². The third-order valence-corrected chi connectivity index (χ3v) is 7.27. The van der Waals surface area contributed by atoms with Crippen molar-refractivity contribution < 1.29 is 18.7 Å². The highest BCUT2D eigenvalue weighted by Gasteiger charge is 2.32. The molecule has 2 aromatic carbocycles. The molecule has 0 bridgehead atoms. The zero-order chi connectivity index (χ0) is 24.2. The van der Waals surface area contributed by atoms with Gasteiger partial charge in [0.25, 0.3) is 5.91 Å². The monoisotopic (exact) mass is 476 g/mol. The van der Waals surface area contributed by atoms with Gasteiger partial charge in [-0.1, -0.05) is 30.7 Å². The van der Waals surface area contributed by atoms with Crippen LogP contribution >= 0.6 is 0 Å². The highest BCUT2D eigenvalue weighted by molar-refractivity contribution is 5.86. The van der Waals surface area contributed by atoms with Gasteiger partial charge in [-0.25, -0.2) is 4.79 Å². The number of carbonyl (C=O) groups excluding carboxylic acids is 1. The Bertz CT molecular complexity index is 1230. The second-order valence-corrected chi connectivity index (χ2v) is 9.44. The first-order valence-corrected chi connectivity index (χ1v) is 12.5. The molecule has 7 nitrogen and oxygen atoms in total. The molecule has 35 heavy (non-hydrogen) atoms. The van der Waals surface area contributed by atoms with Gasteiger partial charge in [0.05, 0.1) is 12.7 Å². The van der Waals surface area contributed by atoms with Gasteiger partial charge in [0, 0.05) is 18.0 Å². The number of rotatable bonds is 7. The molecule has 1 aromatic heterocycles. The molecule has 2 fully saturated rings. The number of benzene rings is 2. The number of piperidine rings is 2. The normalized spacial score (nSPS) is 20.3. The van der Waals surface area contributed by atoms with E-state index in [1.54, 1.807) is 43.5 Å². The number of ether oxygens (including phenoxy) is 2. The summed E-state index contributed by atoms with van der Waals surface area (Å²) in [5.74, 6) is 1.52. The van der Waals surface area contributed by atoms with Gasteiger partial charge in [0.15, 0.2) is 17.9 Å². The molecule has 0 saturated carbocycles. The van der Waals surface area contributed by atoms with Crippen LogP contribution in [0.4, 0.5) is 0 Å². The summed E-state index contributed by atoms with van der Waals surface area (Å²) < 4.78 is 16.5. The molecule has 5 rings (SSSR count). The highest BCUT2D eigenvalue weighted by atomic mass is 16.5. The van der Waals surface area contributed by atoms with Gasteiger partial charge < -0.3 is 24.1 Å². The zero-order valence-electron chi connectivity index (χ0n) is 20.1. The molecule has 2 aliphatic heterocycles. The van der Waals surface area contributed by atoms with Crippen molar-refractivity contribution in [1.82, 2.24) is 10.2 Å². The standard InChI is InChI=1S/C28H32N2O5/c1-33-25-9-4-6-20-16-23(28(32)35-27(20)25)19-10-12-22(13-11-19)34-18-26(31)29-17-21-7-5-15-30-14-3-2-8-24(21)30/h4,6,9-13,16,21,24H,2-3,5,7-8,14-15,17-18H2,1H3,(H,29,31)/t21-,24+/m0/s1. The Balaban J connectivity index is 1.17. The summed E-state index contributed by atoms with van der Waals surface area (Å²) in [6.07, 6.45) is 6.22. The van der Waals surface area contributed by atoms with Crippen molar-refractivity contribution in [3.63, 3.8) is 0 Å². The number of hydrogen-bond acceptors (Lipinski definition) is 6. The summed E-state index contributed by atoms with van der Waals surface area (Å²) in [5, 5.41) is 3.85. The zero-order valence-corrected chi connectivity index (χ0v) is 20.1. The SMILES string of the molecule is COc1cccc2cc(-c3ccc(OCC(=O)NC[C@@H]4CCCN5CCCC[C@H]45)cc3)c(=O)oc12. The Morgan fingerprint density at radius 2 is 1.91 bits per heavy atom. The van der Waals surface area contributed by atoms with Gasteiger partial charge >= 0.3 is 5.63 Å². The number of hydrogen-bond donors (Lipinski definition) is 1. The molecule has 3 aromatic rings. The molecule has 1 amide bonds. The van der Waals surface area contributed by atoms with E-state index in [4.69, 9.17) is 13.9 Å². The molecule has 3 heterocycles. The smallest absolute Gasteiger partial charge is 0.344 e. The van der Waals surface area contributed by atoms with E-state index in [1.807, 2.05) is 12.1 Å². The summed E-state index contributed by atoms with van der Waals surface area (Å²) in [4.78, 5) is 27.6. The molecule has 0 aliphatic carbocycles. The molecule has 0 spiro atoms. The third kappa shape index (κ3) is 5.20. The number of nitrogens with one attached hydrogen (secondary N) is 1. The predicted octanol–water partition coefficient (Wildman–Crippen LogP) is 4.23. The van der Waals surface area contributed by atoms with E-state index < -0.39 is 5.63 Å². The average molecular weight is 477 g/mol. The first kappa shape index (κ1) is 23.4. The van der Waals surface area contributed by atoms with E-state index in [0.29, 0.717) is 41.1 Å². The maximum atomic E-state index is 12.6. The molecule has 2 atom stereocenters. The maximum absolute atomic E-state index is 12.6. The summed E-state index contributed by atoms with van der Waals surface area (Å²) in [5.41, 5.74) is 1.17. The Morgan fingerprint density at radius 3 is 2.74 bits per heavy atom. The second-order valence-electron chi connectivity index (χ2n) is 9.44. The van der Waals surface area contributed by atoms with Crippen molar-refractivity contribution in [2.45, 2.75) is 38.1 Å². The molecular formula is C28H32N2O5. The van der Waals surface area contributed by atoms with E-state index in [2.05, 4.69) is 10.2 Å². The van der Waals surface area contributed by atoms with Crippen LogP contribution in [0.1, 0.15) is 32.1 Å². The minimum absolute atomic E-state index is 0.0294. The van der Waals surface area contributed by atoms with Crippen LogP contribution in [0.25, 0.3) is 22.1 Å². The van der Waals surface area contributed by atoms with Crippen LogP contribution in [0.3, 0.4) is 0 Å². The maximum Gasteiger partial charge on any atom is 0.344 e. The Labute approximate surface area is 205 Å². The van der Waals surface area contributed by atoms with Gasteiger partial charge in [-0.2, -0.15) is 0 Å². The number of nitrogens with zero attached hydrogens (tertiary/aromatic N) is 1. The quantitative estimate of drug-likeness (QED) is 0.514. The number of fused-ring (bicyclic) bond motifs is 2. The van der Waals surface area contributed by atoms with Gasteiger partial charge in [-0.05, 0) is 74.5 Å². The van der Waals surface area contributed by atoms with Crippen LogP contribution in [-0.2, 0) is 4.79 Å². The lowest BCUT2D eigenvalue weighted by Crippen LogP contribution is -2.51. The summed E-state index contributed by atoms with van der Waals surface area (Å²) in [6.45, 7) is 3.08. The van der Waals surface area contributed by atoms with E-state index in [-0.39, 0.29) is 12.5 Å². The van der Waals surface area contributed by atoms with E-state index in [1.165, 1.54) is 45.2 Å². The van der Waals surface area contributed by atoms with Crippen molar-refractivity contribution in [2.75, 3.05) is 33.4 Å². The Morgan fingerprint density at radius 1 is 1.09 bits per heavy atom. The minimum atomic E-state index is -0.436. The summed E-state index contributed by atoms with van der Waals surface area (Å²) in [7, 11) is 1.54. The number of para-hydroxylation sites is 1. The molecule has 2 aliphatic rings. The molecule has 184 valence electrons. The first-order valence-electron chi connectivity index (χ1n) is 12.5. The summed E-state index contributed by atoms with van der Waals surface area (Å²) in [6, 6.07) is 15.0. The van der Waals surface area contributed by atoms with Gasteiger partial charge in [-0.3, -0.25) is 4.79 Å². The fourth-order valence-corrected chi connectivity index (χ4v) is 5.47. The number of carbonyl (C=O) groups is 1. The van der Waals surface area contributed by atoms with Crippen LogP contribution < -0.4 is 20.4 Å². The van der Waals surface area contributed by atoms with Crippen LogP contribution in [-0.4, -0.2) is 50.2 Å². The van der Waals surface area contributed by atoms with Crippen LogP contribution in [0.5, 0.6) is 11.5 Å². The molecule has 0 unspecified atom stereocenters. The van der Waals surface area contributed by atoms with Crippen molar-refractivity contribution in [3.8, 4) is 22.6 Å². The largest absolute Gasteiger partial charge is 0.493 e. The fraction of sp³-hybridized carbons (Fsp3) is 0.429. The topological polar surface area (TPSA) is 81.0 Å². The van der Waals surface area contributed by atoms with Crippen molar-refractivity contribution >= 4 is 16.9 Å². The number of methoxy groups -OCH3 is 1. The van der Waals surface area contributed by atoms with E-state index >= 15 is 0 Å². The lowest BCUT2D eigenvalue weighted by molar-refractivity contribution is -0.123. The molecule has 7 heteroatoms. The number of amides is 1. The lowest BCUT2D eigenvalue weighted by atomic mass is 9.83. The minimum Gasteiger partial charge on any atom is -0.493 e. The second kappa shape index (κ2) is 10.5. The third-order valence-electron chi connectivity index (χ3n) is 7.27. The fourth-order valence-electron chi connectivity index (χ4n) is 5.47. The Hall–Kier alpha value is -3.32. The molecule has 1 N–H and O–H groups in total. The van der Waals surface area contributed by atoms with Gasteiger partial charge in [0.1, 0.15) is 5.75 Å². The van der Waals surface area contributed by atoms with Crippen molar-refractivity contribution in [2.24, 2.45) is 5.92 Å². The molecule has 0 radical (unpaired) electrons. The predicted molar refractivity (Wildman–Crippen MR) is 135 cm³/mol. The van der Waals surface area contributed by atoms with Crippen LogP contribution in [0.15, 0.2) is 57.7 Å². The summed E-state index contributed by atoms with van der Waals surface area (Å²) >= 11 is 0. The van der Waals surface area contributed by atoms with Gasteiger partial charge in [0.2, 0.25) is 0 Å². The Kier molecular flexibility index (Phi) is 7.04.